The lowest BCUT2D eigenvalue weighted by Gasteiger charge is -2.12. The summed E-state index contributed by atoms with van der Waals surface area (Å²) in [4.78, 5) is 64.8. The van der Waals surface area contributed by atoms with Gasteiger partial charge in [-0.25, -0.2) is 8.78 Å². The molecule has 47 heavy (non-hydrogen) atoms. The van der Waals surface area contributed by atoms with E-state index in [1.54, 1.807) is 38.1 Å². The van der Waals surface area contributed by atoms with E-state index in [-0.39, 0.29) is 41.4 Å². The maximum Gasteiger partial charge on any atom is 0.323 e. The number of carbonyl (C=O) groups is 3. The largest absolute Gasteiger partial charge is 0.480 e. The van der Waals surface area contributed by atoms with Crippen LogP contribution < -0.4 is 11.1 Å². The van der Waals surface area contributed by atoms with Crippen LogP contribution in [0.2, 0.25) is 0 Å². The Kier molecular flexibility index (Phi) is 13.8. The molecular formula is C31H30F2N4O8S2. The highest BCUT2D eigenvalue weighted by Gasteiger charge is 2.16. The first-order chi connectivity index (χ1) is 22.3. The van der Waals surface area contributed by atoms with Gasteiger partial charge < -0.3 is 24.1 Å². The zero-order valence-corrected chi connectivity index (χ0v) is 26.8. The van der Waals surface area contributed by atoms with Gasteiger partial charge in [0.15, 0.2) is 10.3 Å². The molecule has 4 aromatic rings. The molecule has 0 amide bonds. The topological polar surface area (TPSA) is 171 Å². The van der Waals surface area contributed by atoms with Crippen LogP contribution in [0.4, 0.5) is 8.78 Å². The van der Waals surface area contributed by atoms with Crippen molar-refractivity contribution in [1.29, 1.82) is 0 Å². The van der Waals surface area contributed by atoms with Crippen molar-refractivity contribution >= 4 is 41.4 Å². The Bertz CT molecular complexity index is 1810. The second-order valence-corrected chi connectivity index (χ2v) is 11.9. The van der Waals surface area contributed by atoms with Crippen LogP contribution in [-0.4, -0.2) is 53.3 Å². The zero-order valence-electron chi connectivity index (χ0n) is 25.2. The first kappa shape index (κ1) is 36.6. The summed E-state index contributed by atoms with van der Waals surface area (Å²) in [6.45, 7) is 2.70. The molecule has 0 bridgehead atoms. The first-order valence-electron chi connectivity index (χ1n) is 13.8. The Morgan fingerprint density at radius 1 is 0.787 bits per heavy atom. The van der Waals surface area contributed by atoms with Crippen LogP contribution >= 0.6 is 23.5 Å². The van der Waals surface area contributed by atoms with Crippen molar-refractivity contribution in [2.45, 2.75) is 61.3 Å². The summed E-state index contributed by atoms with van der Waals surface area (Å²) in [6, 6.07) is 13.0. The van der Waals surface area contributed by atoms with E-state index in [1.165, 1.54) is 63.6 Å². The molecular weight excluding hydrogens is 658 g/mol. The number of nitrogens with zero attached hydrogens (tertiary/aromatic N) is 4. The molecule has 16 heteroatoms. The van der Waals surface area contributed by atoms with E-state index < -0.39 is 35.6 Å². The third-order valence-electron chi connectivity index (χ3n) is 5.75. The lowest BCUT2D eigenvalue weighted by atomic mass is 10.2. The predicted octanol–water partition coefficient (Wildman–Crippen LogP) is 4.01. The minimum atomic E-state index is -1.11. The lowest BCUT2D eigenvalue weighted by Crippen LogP contribution is -2.25. The molecule has 2 aromatic heterocycles. The predicted molar refractivity (Wildman–Crippen MR) is 169 cm³/mol. The summed E-state index contributed by atoms with van der Waals surface area (Å²) in [6.07, 6.45) is 2.11. The fourth-order valence-electron chi connectivity index (χ4n) is 3.73. The number of rotatable bonds is 13. The Labute approximate surface area is 275 Å². The van der Waals surface area contributed by atoms with Crippen molar-refractivity contribution in [3.8, 4) is 0 Å². The third-order valence-corrected chi connectivity index (χ3v) is 7.88. The van der Waals surface area contributed by atoms with E-state index in [4.69, 9.17) is 14.9 Å². The molecule has 248 valence electrons. The highest BCUT2D eigenvalue weighted by Crippen LogP contribution is 2.22. The van der Waals surface area contributed by atoms with Gasteiger partial charge in [-0.1, -0.05) is 47.8 Å². The average molecular weight is 689 g/mol. The van der Waals surface area contributed by atoms with Gasteiger partial charge in [0.05, 0.1) is 12.5 Å². The molecule has 4 rings (SSSR count). The summed E-state index contributed by atoms with van der Waals surface area (Å²) in [7, 11) is 0. The molecule has 0 unspecified atom stereocenters. The number of hydrogen-bond donors (Lipinski definition) is 2. The van der Waals surface area contributed by atoms with Crippen molar-refractivity contribution in [2.24, 2.45) is 0 Å². The van der Waals surface area contributed by atoms with Gasteiger partial charge in [-0.2, -0.15) is 9.97 Å². The second kappa shape index (κ2) is 17.8. The zero-order chi connectivity index (χ0) is 34.5. The molecule has 0 aliphatic heterocycles. The highest BCUT2D eigenvalue weighted by atomic mass is 32.2. The fourth-order valence-corrected chi connectivity index (χ4v) is 5.58. The van der Waals surface area contributed by atoms with E-state index in [1.807, 2.05) is 0 Å². The number of carbonyl (C=O) groups excluding carboxylic acids is 1. The van der Waals surface area contributed by atoms with E-state index >= 15 is 0 Å². The van der Waals surface area contributed by atoms with E-state index in [0.29, 0.717) is 16.7 Å². The Hall–Kier alpha value is -4.83. The van der Waals surface area contributed by atoms with Crippen molar-refractivity contribution in [2.75, 3.05) is 0 Å². The minimum absolute atomic E-state index is 0.0630. The summed E-state index contributed by atoms with van der Waals surface area (Å²) in [5.41, 5.74) is 0.679. The smallest absolute Gasteiger partial charge is 0.323 e. The van der Waals surface area contributed by atoms with Gasteiger partial charge in [0.2, 0.25) is 0 Å². The number of carboxylic acids is 2. The molecule has 0 aliphatic carbocycles. The number of benzene rings is 2. The second-order valence-electron chi connectivity index (χ2n) is 9.99. The molecule has 0 atom stereocenters. The molecule has 0 spiro atoms. The van der Waals surface area contributed by atoms with E-state index in [9.17, 15) is 32.8 Å². The maximum atomic E-state index is 13.0. The first-order valence-corrected chi connectivity index (χ1v) is 15.8. The van der Waals surface area contributed by atoms with Crippen molar-refractivity contribution < 1.29 is 38.1 Å². The van der Waals surface area contributed by atoms with Gasteiger partial charge in [0.25, 0.3) is 11.1 Å². The van der Waals surface area contributed by atoms with Gasteiger partial charge in [-0.3, -0.25) is 24.0 Å². The van der Waals surface area contributed by atoms with Gasteiger partial charge >= 0.3 is 17.9 Å². The summed E-state index contributed by atoms with van der Waals surface area (Å²) in [5, 5.41) is 18.4. The van der Waals surface area contributed by atoms with Crippen LogP contribution in [0, 0.1) is 11.6 Å². The number of aliphatic carboxylic acids is 2. The number of esters is 1. The lowest BCUT2D eigenvalue weighted by molar-refractivity contribution is -0.146. The van der Waals surface area contributed by atoms with Gasteiger partial charge in [-0.15, -0.1) is 0 Å². The molecule has 2 heterocycles. The Balaban J connectivity index is 0.000000267. The number of ether oxygens (including phenoxy) is 1. The quantitative estimate of drug-likeness (QED) is 0.118. The Morgan fingerprint density at radius 2 is 1.28 bits per heavy atom. The van der Waals surface area contributed by atoms with Crippen molar-refractivity contribution in [1.82, 2.24) is 19.1 Å². The van der Waals surface area contributed by atoms with Crippen LogP contribution in [0.15, 0.2) is 86.9 Å². The molecule has 0 aliphatic rings. The Morgan fingerprint density at radius 3 is 1.77 bits per heavy atom. The van der Waals surface area contributed by atoms with Gasteiger partial charge in [0, 0.05) is 35.5 Å². The number of halogens is 2. The molecule has 0 saturated carbocycles. The molecule has 0 saturated heterocycles. The van der Waals surface area contributed by atoms with Gasteiger partial charge in [-0.05, 0) is 49.2 Å². The van der Waals surface area contributed by atoms with Crippen LogP contribution in [0.1, 0.15) is 30.5 Å². The minimum Gasteiger partial charge on any atom is -0.480 e. The molecule has 2 aromatic carbocycles. The highest BCUT2D eigenvalue weighted by molar-refractivity contribution is 7.98. The van der Waals surface area contributed by atoms with Gasteiger partial charge in [0.1, 0.15) is 24.7 Å². The van der Waals surface area contributed by atoms with Crippen LogP contribution in [0.5, 0.6) is 0 Å². The normalized spacial score (nSPS) is 10.7. The van der Waals surface area contributed by atoms with Crippen molar-refractivity contribution in [3.05, 3.63) is 116 Å². The molecule has 12 nitrogen and oxygen atoms in total. The standard InChI is InChI=1S/C18H19FN2O5S.C13H11FN2O3S/c1-11(2)26-16(24)7-13-8-21(9-15(22)23)18(20-17(13)25)27-10-12-3-5-14(19)6-4-12;14-10-3-1-9(2-4-10)8-20-13-15-11(17)5-6-16(13)7-12(18)19/h3-6,8,11H,7,9-10H2,1-2H3,(H,22,23);1-6H,7-8H2,(H,18,19). The third kappa shape index (κ3) is 12.8. The van der Waals surface area contributed by atoms with Crippen LogP contribution in [-0.2, 0) is 50.1 Å². The average Bonchev–Trinajstić information content (AvgIpc) is 2.99. The number of thioether (sulfide) groups is 2. The maximum absolute atomic E-state index is 13.0. The molecule has 0 radical (unpaired) electrons. The van der Waals surface area contributed by atoms with E-state index in [0.717, 1.165) is 22.9 Å². The van der Waals surface area contributed by atoms with Crippen molar-refractivity contribution in [3.63, 3.8) is 0 Å². The molecule has 0 fully saturated rings. The van der Waals surface area contributed by atoms with E-state index in [2.05, 4.69) is 9.97 Å². The van der Waals surface area contributed by atoms with Crippen LogP contribution in [0.3, 0.4) is 0 Å². The molecule has 2 N–H and O–H groups in total. The summed E-state index contributed by atoms with van der Waals surface area (Å²) in [5.74, 6) is -2.55. The SMILES string of the molecule is CC(C)OC(=O)Cc1cn(CC(=O)O)c(SCc2ccc(F)cc2)nc1=O.O=C(O)Cn1ccc(=O)nc1SCc1ccc(F)cc1. The number of aromatic nitrogens is 4. The summed E-state index contributed by atoms with van der Waals surface area (Å²) >= 11 is 2.38. The van der Waals surface area contributed by atoms with Crippen LogP contribution in [0.25, 0.3) is 0 Å². The fraction of sp³-hybridized carbons (Fsp3) is 0.258. The summed E-state index contributed by atoms with van der Waals surface area (Å²) < 4.78 is 33.4. The number of hydrogen-bond acceptors (Lipinski definition) is 10. The number of carboxylic acid groups (broad SMARTS) is 2. The monoisotopic (exact) mass is 688 g/mol.